The molecule has 1 amide bonds. The summed E-state index contributed by atoms with van der Waals surface area (Å²) in [7, 11) is 0.461. The van der Waals surface area contributed by atoms with Crippen LogP contribution in [0.3, 0.4) is 0 Å². The number of hydrogen-bond acceptors (Lipinski definition) is 5. The molecule has 0 saturated heterocycles. The van der Waals surface area contributed by atoms with E-state index in [-0.39, 0.29) is 23.2 Å². The highest BCUT2D eigenvalue weighted by molar-refractivity contribution is 7.84. The molecule has 2 unspecified atom stereocenters. The molecule has 2 atom stereocenters. The van der Waals surface area contributed by atoms with Gasteiger partial charge in [-0.3, -0.25) is 19.1 Å². The molecular formula is C12H17N3O4S. The van der Waals surface area contributed by atoms with Crippen molar-refractivity contribution in [2.24, 2.45) is 0 Å². The maximum Gasteiger partial charge on any atom is 0.293 e. The van der Waals surface area contributed by atoms with Gasteiger partial charge in [-0.05, 0) is 19.1 Å². The fourth-order valence-electron chi connectivity index (χ4n) is 1.75. The van der Waals surface area contributed by atoms with Gasteiger partial charge in [0.15, 0.2) is 0 Å². The van der Waals surface area contributed by atoms with E-state index in [4.69, 9.17) is 0 Å². The Balaban J connectivity index is 3.04. The van der Waals surface area contributed by atoms with Crippen molar-refractivity contribution in [3.05, 3.63) is 33.9 Å². The van der Waals surface area contributed by atoms with Crippen LogP contribution in [-0.4, -0.2) is 40.1 Å². The van der Waals surface area contributed by atoms with Gasteiger partial charge in [0.2, 0.25) is 0 Å². The Labute approximate surface area is 119 Å². The average Bonchev–Trinajstić information content (AvgIpc) is 2.36. The van der Waals surface area contributed by atoms with Gasteiger partial charge < -0.3 is 10.6 Å². The highest BCUT2D eigenvalue weighted by Crippen LogP contribution is 2.26. The van der Waals surface area contributed by atoms with Gasteiger partial charge in [-0.15, -0.1) is 0 Å². The number of rotatable bonds is 6. The van der Waals surface area contributed by atoms with E-state index in [2.05, 4.69) is 10.6 Å². The summed E-state index contributed by atoms with van der Waals surface area (Å²) in [6.07, 6.45) is 1.57. The van der Waals surface area contributed by atoms with Crippen LogP contribution in [0.1, 0.15) is 17.3 Å². The Morgan fingerprint density at radius 3 is 2.65 bits per heavy atom. The predicted molar refractivity (Wildman–Crippen MR) is 78.5 cm³/mol. The molecule has 0 aliphatic carbocycles. The zero-order valence-electron chi connectivity index (χ0n) is 11.5. The standard InChI is InChI=1S/C12H17N3O4S/c1-8(7-20(3)19)14-10-5-4-9(12(16)13-2)6-11(10)15(17)18/h4-6,8,14H,7H2,1-3H3,(H,13,16). The summed E-state index contributed by atoms with van der Waals surface area (Å²) in [6, 6.07) is 4.03. The number of carbonyl (C=O) groups is 1. The second kappa shape index (κ2) is 6.99. The van der Waals surface area contributed by atoms with E-state index in [9.17, 15) is 19.1 Å². The average molecular weight is 299 g/mol. The summed E-state index contributed by atoms with van der Waals surface area (Å²) in [5, 5.41) is 16.4. The maximum absolute atomic E-state index is 11.5. The lowest BCUT2D eigenvalue weighted by Gasteiger charge is -2.14. The molecule has 0 fully saturated rings. The highest BCUT2D eigenvalue weighted by atomic mass is 32.2. The Kier molecular flexibility index (Phi) is 5.63. The second-order valence-corrected chi connectivity index (χ2v) is 5.83. The van der Waals surface area contributed by atoms with Crippen molar-refractivity contribution in [3.63, 3.8) is 0 Å². The Hall–Kier alpha value is -1.96. The van der Waals surface area contributed by atoms with Crippen LogP contribution in [0.5, 0.6) is 0 Å². The van der Waals surface area contributed by atoms with Crippen molar-refractivity contribution < 1.29 is 13.9 Å². The van der Waals surface area contributed by atoms with Gasteiger partial charge in [0.25, 0.3) is 11.6 Å². The maximum atomic E-state index is 11.5. The van der Waals surface area contributed by atoms with Gasteiger partial charge in [0, 0.05) is 47.5 Å². The first-order valence-electron chi connectivity index (χ1n) is 5.92. The number of benzene rings is 1. The monoisotopic (exact) mass is 299 g/mol. The summed E-state index contributed by atoms with van der Waals surface area (Å²) in [5.74, 6) is -0.00342. The van der Waals surface area contributed by atoms with Crippen LogP contribution in [0.2, 0.25) is 0 Å². The molecule has 8 heteroatoms. The van der Waals surface area contributed by atoms with E-state index in [0.717, 1.165) is 0 Å². The van der Waals surface area contributed by atoms with E-state index >= 15 is 0 Å². The van der Waals surface area contributed by atoms with Crippen LogP contribution in [0.25, 0.3) is 0 Å². The predicted octanol–water partition coefficient (Wildman–Crippen LogP) is 1.13. The molecule has 0 aromatic heterocycles. The first-order chi connectivity index (χ1) is 9.35. The van der Waals surface area contributed by atoms with Gasteiger partial charge in [-0.25, -0.2) is 0 Å². The molecule has 0 aliphatic heterocycles. The molecule has 0 aliphatic rings. The molecule has 2 N–H and O–H groups in total. The quantitative estimate of drug-likeness (QED) is 0.605. The van der Waals surface area contributed by atoms with E-state index in [1.54, 1.807) is 13.2 Å². The van der Waals surface area contributed by atoms with Crippen LogP contribution in [0, 0.1) is 10.1 Å². The fourth-order valence-corrected chi connectivity index (χ4v) is 2.54. The molecule has 0 heterocycles. The third-order valence-corrected chi connectivity index (χ3v) is 3.54. The van der Waals surface area contributed by atoms with E-state index < -0.39 is 15.7 Å². The number of anilines is 1. The zero-order valence-corrected chi connectivity index (χ0v) is 12.3. The number of nitro benzene ring substituents is 1. The van der Waals surface area contributed by atoms with Gasteiger partial charge in [-0.1, -0.05) is 0 Å². The Morgan fingerprint density at radius 2 is 2.15 bits per heavy atom. The molecule has 0 saturated carbocycles. The number of nitrogens with zero attached hydrogens (tertiary/aromatic N) is 1. The lowest BCUT2D eigenvalue weighted by atomic mass is 10.1. The summed E-state index contributed by atoms with van der Waals surface area (Å²) in [5.41, 5.74) is 0.344. The normalized spacial score (nSPS) is 13.3. The Bertz CT molecular complexity index is 548. The molecule has 1 aromatic carbocycles. The summed E-state index contributed by atoms with van der Waals surface area (Å²) in [4.78, 5) is 22.0. The fraction of sp³-hybridized carbons (Fsp3) is 0.417. The van der Waals surface area contributed by atoms with E-state index in [1.807, 2.05) is 0 Å². The van der Waals surface area contributed by atoms with Crippen molar-refractivity contribution >= 4 is 28.1 Å². The van der Waals surface area contributed by atoms with Gasteiger partial charge >= 0.3 is 0 Å². The van der Waals surface area contributed by atoms with Crippen molar-refractivity contribution in [2.75, 3.05) is 24.4 Å². The van der Waals surface area contributed by atoms with Gasteiger partial charge in [0.05, 0.1) is 4.92 Å². The zero-order chi connectivity index (χ0) is 15.3. The third-order valence-electron chi connectivity index (χ3n) is 2.57. The van der Waals surface area contributed by atoms with Crippen LogP contribution in [0.15, 0.2) is 18.2 Å². The molecule has 0 radical (unpaired) electrons. The van der Waals surface area contributed by atoms with E-state index in [1.165, 1.54) is 25.2 Å². The minimum atomic E-state index is -0.996. The minimum Gasteiger partial charge on any atom is -0.376 e. The first kappa shape index (κ1) is 16.1. The third kappa shape index (κ3) is 4.30. The summed E-state index contributed by atoms with van der Waals surface area (Å²) in [6.45, 7) is 1.79. The van der Waals surface area contributed by atoms with Crippen LogP contribution in [-0.2, 0) is 10.8 Å². The molecule has 110 valence electrons. The first-order valence-corrected chi connectivity index (χ1v) is 7.65. The number of nitrogens with one attached hydrogen (secondary N) is 2. The SMILES string of the molecule is CNC(=O)c1ccc(NC(C)CS(C)=O)c([N+](=O)[O-])c1. The smallest absolute Gasteiger partial charge is 0.293 e. The number of nitro groups is 1. The number of carbonyl (C=O) groups excluding carboxylic acids is 1. The highest BCUT2D eigenvalue weighted by Gasteiger charge is 2.18. The van der Waals surface area contributed by atoms with E-state index in [0.29, 0.717) is 11.4 Å². The van der Waals surface area contributed by atoms with Crippen LogP contribution >= 0.6 is 0 Å². The largest absolute Gasteiger partial charge is 0.376 e. The summed E-state index contributed by atoms with van der Waals surface area (Å²) < 4.78 is 11.1. The molecule has 7 nitrogen and oxygen atoms in total. The molecular weight excluding hydrogens is 282 g/mol. The van der Waals surface area contributed by atoms with Crippen LogP contribution < -0.4 is 10.6 Å². The summed E-state index contributed by atoms with van der Waals surface area (Å²) >= 11 is 0. The van der Waals surface area contributed by atoms with Gasteiger partial charge in [-0.2, -0.15) is 0 Å². The molecule has 0 spiro atoms. The Morgan fingerprint density at radius 1 is 1.50 bits per heavy atom. The van der Waals surface area contributed by atoms with Crippen molar-refractivity contribution in [3.8, 4) is 0 Å². The van der Waals surface area contributed by atoms with Crippen molar-refractivity contribution in [1.82, 2.24) is 5.32 Å². The van der Waals surface area contributed by atoms with Crippen molar-refractivity contribution in [1.29, 1.82) is 0 Å². The molecule has 1 aromatic rings. The number of hydrogen-bond donors (Lipinski definition) is 2. The second-order valence-electron chi connectivity index (χ2n) is 4.35. The minimum absolute atomic E-state index is 0.176. The van der Waals surface area contributed by atoms with Gasteiger partial charge in [0.1, 0.15) is 5.69 Å². The molecule has 0 bridgehead atoms. The number of amides is 1. The lowest BCUT2D eigenvalue weighted by molar-refractivity contribution is -0.384. The van der Waals surface area contributed by atoms with Crippen LogP contribution in [0.4, 0.5) is 11.4 Å². The topological polar surface area (TPSA) is 101 Å². The molecule has 20 heavy (non-hydrogen) atoms. The lowest BCUT2D eigenvalue weighted by Crippen LogP contribution is -2.23. The molecule has 1 rings (SSSR count). The van der Waals surface area contributed by atoms with Crippen molar-refractivity contribution in [2.45, 2.75) is 13.0 Å².